The van der Waals surface area contributed by atoms with E-state index in [0.717, 1.165) is 19.3 Å². The summed E-state index contributed by atoms with van der Waals surface area (Å²) in [6.07, 6.45) is 3.62. The molecule has 30 heavy (non-hydrogen) atoms. The molecule has 1 saturated carbocycles. The van der Waals surface area contributed by atoms with Crippen LogP contribution in [0.1, 0.15) is 32.6 Å². The number of nitrogens with one attached hydrogen (secondary N) is 1. The van der Waals surface area contributed by atoms with Crippen molar-refractivity contribution in [3.8, 4) is 0 Å². The van der Waals surface area contributed by atoms with Crippen LogP contribution in [0.3, 0.4) is 0 Å². The lowest BCUT2D eigenvalue weighted by Crippen LogP contribution is -2.55. The van der Waals surface area contributed by atoms with E-state index in [2.05, 4.69) is 5.32 Å². The van der Waals surface area contributed by atoms with E-state index >= 15 is 0 Å². The topological polar surface area (TPSA) is 90.0 Å². The van der Waals surface area contributed by atoms with Crippen LogP contribution in [0.2, 0.25) is 5.02 Å². The van der Waals surface area contributed by atoms with Crippen LogP contribution in [-0.4, -0.2) is 72.8 Å². The van der Waals surface area contributed by atoms with Gasteiger partial charge in [0.25, 0.3) is 5.91 Å². The Kier molecular flexibility index (Phi) is 5.82. The molecule has 0 aromatic heterocycles. The zero-order chi connectivity index (χ0) is 21.5. The quantitative estimate of drug-likeness (QED) is 0.703. The number of halogens is 1. The highest BCUT2D eigenvalue weighted by molar-refractivity contribution is 7.89. The van der Waals surface area contributed by atoms with E-state index in [4.69, 9.17) is 11.6 Å². The fourth-order valence-electron chi connectivity index (χ4n) is 4.73. The summed E-state index contributed by atoms with van der Waals surface area (Å²) in [6.45, 7) is 3.63. The van der Waals surface area contributed by atoms with E-state index < -0.39 is 15.6 Å². The van der Waals surface area contributed by atoms with E-state index in [1.807, 2.05) is 11.8 Å². The summed E-state index contributed by atoms with van der Waals surface area (Å²) in [5.41, 5.74) is -0.773. The van der Waals surface area contributed by atoms with Gasteiger partial charge in [-0.3, -0.25) is 9.69 Å². The zero-order valence-electron chi connectivity index (χ0n) is 17.0. The lowest BCUT2D eigenvalue weighted by Gasteiger charge is -2.38. The molecule has 1 aromatic carbocycles. The second kappa shape index (κ2) is 8.11. The maximum absolute atomic E-state index is 13.1. The third kappa shape index (κ3) is 3.62. The molecular formula is C20H27ClN4O4S. The number of benzene rings is 1. The number of carbonyl (C=O) groups is 2. The van der Waals surface area contributed by atoms with Crippen LogP contribution in [0, 0.1) is 5.92 Å². The van der Waals surface area contributed by atoms with E-state index in [1.165, 1.54) is 15.3 Å². The molecular weight excluding hydrogens is 428 g/mol. The molecule has 1 aromatic rings. The number of rotatable bonds is 4. The highest BCUT2D eigenvalue weighted by Crippen LogP contribution is 2.38. The summed E-state index contributed by atoms with van der Waals surface area (Å²) < 4.78 is 27.2. The molecule has 0 radical (unpaired) electrons. The van der Waals surface area contributed by atoms with Crippen molar-refractivity contribution in [2.45, 2.75) is 43.0 Å². The summed E-state index contributed by atoms with van der Waals surface area (Å²) >= 11 is 6.08. The minimum absolute atomic E-state index is 0.0995. The molecule has 2 heterocycles. The number of nitrogens with zero attached hydrogens (tertiary/aromatic N) is 3. The van der Waals surface area contributed by atoms with Crippen LogP contribution in [0.25, 0.3) is 0 Å². The average molecular weight is 455 g/mol. The molecule has 8 nitrogen and oxygen atoms in total. The van der Waals surface area contributed by atoms with Gasteiger partial charge in [-0.1, -0.05) is 43.5 Å². The van der Waals surface area contributed by atoms with E-state index in [9.17, 15) is 18.0 Å². The predicted octanol–water partition coefficient (Wildman–Crippen LogP) is 2.10. The summed E-state index contributed by atoms with van der Waals surface area (Å²) in [5, 5.41) is 3.16. The van der Waals surface area contributed by atoms with Crippen LogP contribution in [0.5, 0.6) is 0 Å². The molecule has 1 N–H and O–H groups in total. The molecule has 2 atom stereocenters. The van der Waals surface area contributed by atoms with Gasteiger partial charge in [-0.05, 0) is 30.9 Å². The first kappa shape index (κ1) is 21.5. The van der Waals surface area contributed by atoms with Gasteiger partial charge in [0.15, 0.2) is 0 Å². The lowest BCUT2D eigenvalue weighted by atomic mass is 9.73. The van der Waals surface area contributed by atoms with Gasteiger partial charge >= 0.3 is 6.03 Å². The van der Waals surface area contributed by atoms with E-state index in [0.29, 0.717) is 19.5 Å². The summed E-state index contributed by atoms with van der Waals surface area (Å²) in [4.78, 5) is 29.0. The first-order valence-corrected chi connectivity index (χ1v) is 12.2. The lowest BCUT2D eigenvalue weighted by molar-refractivity contribution is -0.135. The molecule has 4 rings (SSSR count). The Bertz CT molecular complexity index is 948. The smallest absolute Gasteiger partial charge is 0.323 e. The van der Waals surface area contributed by atoms with Crippen molar-refractivity contribution in [3.05, 3.63) is 29.3 Å². The fraction of sp³-hybridized carbons (Fsp3) is 0.600. The van der Waals surface area contributed by atoms with Crippen LogP contribution in [-0.2, 0) is 14.8 Å². The van der Waals surface area contributed by atoms with Crippen LogP contribution in [0.4, 0.5) is 4.79 Å². The Labute approximate surface area is 182 Å². The molecule has 0 unspecified atom stereocenters. The molecule has 3 aliphatic rings. The van der Waals surface area contributed by atoms with Crippen molar-refractivity contribution in [2.75, 3.05) is 32.8 Å². The van der Waals surface area contributed by atoms with Gasteiger partial charge in [0.2, 0.25) is 10.0 Å². The van der Waals surface area contributed by atoms with Gasteiger partial charge in [0, 0.05) is 26.2 Å². The van der Waals surface area contributed by atoms with Crippen molar-refractivity contribution >= 4 is 33.6 Å². The second-order valence-corrected chi connectivity index (χ2v) is 10.7. The average Bonchev–Trinajstić information content (AvgIpc) is 2.96. The van der Waals surface area contributed by atoms with Gasteiger partial charge in [0.1, 0.15) is 10.4 Å². The first-order chi connectivity index (χ1) is 14.3. The summed E-state index contributed by atoms with van der Waals surface area (Å²) in [5.74, 6) is -0.0314. The van der Waals surface area contributed by atoms with Crippen molar-refractivity contribution in [3.63, 3.8) is 0 Å². The Morgan fingerprint density at radius 1 is 1.13 bits per heavy atom. The first-order valence-electron chi connectivity index (χ1n) is 10.4. The van der Waals surface area contributed by atoms with Crippen molar-refractivity contribution in [1.82, 2.24) is 19.4 Å². The van der Waals surface area contributed by atoms with Crippen LogP contribution < -0.4 is 5.32 Å². The monoisotopic (exact) mass is 454 g/mol. The molecule has 2 saturated heterocycles. The minimum Gasteiger partial charge on any atom is -0.323 e. The normalized spacial score (nSPS) is 28.9. The SMILES string of the molecule is C[C@@H]1CCCC[C@]12NC(=O)N(CN1CCN(S(=O)(=O)c3ccccc3Cl)CC1)C2=O. The number of hydrogen-bond donors (Lipinski definition) is 1. The Morgan fingerprint density at radius 3 is 2.50 bits per heavy atom. The van der Waals surface area contributed by atoms with Crippen molar-refractivity contribution < 1.29 is 18.0 Å². The number of imide groups is 1. The van der Waals surface area contributed by atoms with Gasteiger partial charge in [0.05, 0.1) is 11.7 Å². The molecule has 1 spiro atoms. The number of sulfonamides is 1. The van der Waals surface area contributed by atoms with E-state index in [-0.39, 0.29) is 47.5 Å². The standard InChI is InChI=1S/C20H27ClN4O4S/c1-15-6-4-5-9-20(15)18(26)25(19(27)22-20)14-23-10-12-24(13-11-23)30(28,29)17-8-3-2-7-16(17)21/h2-3,7-8,15H,4-6,9-14H2,1H3,(H,22,27)/t15-,20+/m1/s1. The number of piperazine rings is 1. The van der Waals surface area contributed by atoms with Gasteiger partial charge in [-0.25, -0.2) is 18.1 Å². The Balaban J connectivity index is 1.40. The van der Waals surface area contributed by atoms with Crippen molar-refractivity contribution in [1.29, 1.82) is 0 Å². The molecule has 10 heteroatoms. The molecule has 0 bridgehead atoms. The highest BCUT2D eigenvalue weighted by atomic mass is 35.5. The molecule has 164 valence electrons. The highest BCUT2D eigenvalue weighted by Gasteiger charge is 2.55. The summed E-state index contributed by atoms with van der Waals surface area (Å²) in [6, 6.07) is 6.05. The molecule has 1 aliphatic carbocycles. The molecule has 3 amide bonds. The van der Waals surface area contributed by atoms with Crippen LogP contribution >= 0.6 is 11.6 Å². The van der Waals surface area contributed by atoms with Gasteiger partial charge in [-0.2, -0.15) is 4.31 Å². The molecule has 3 fully saturated rings. The number of urea groups is 1. The third-order valence-corrected chi connectivity index (χ3v) is 9.03. The maximum atomic E-state index is 13.1. The minimum atomic E-state index is -3.68. The Hall–Kier alpha value is -1.68. The summed E-state index contributed by atoms with van der Waals surface area (Å²) in [7, 11) is -3.68. The largest absolute Gasteiger partial charge is 0.326 e. The van der Waals surface area contributed by atoms with Gasteiger partial charge in [-0.15, -0.1) is 0 Å². The zero-order valence-corrected chi connectivity index (χ0v) is 18.6. The van der Waals surface area contributed by atoms with Gasteiger partial charge < -0.3 is 5.32 Å². The predicted molar refractivity (Wildman–Crippen MR) is 112 cm³/mol. The fourth-order valence-corrected chi connectivity index (χ4v) is 6.64. The van der Waals surface area contributed by atoms with Crippen LogP contribution in [0.15, 0.2) is 29.2 Å². The number of amides is 3. The second-order valence-electron chi connectivity index (χ2n) is 8.38. The third-order valence-electron chi connectivity index (χ3n) is 6.63. The Morgan fingerprint density at radius 2 is 1.83 bits per heavy atom. The molecule has 2 aliphatic heterocycles. The van der Waals surface area contributed by atoms with Crippen molar-refractivity contribution in [2.24, 2.45) is 5.92 Å². The number of carbonyl (C=O) groups excluding carboxylic acids is 2. The number of hydrogen-bond acceptors (Lipinski definition) is 5. The maximum Gasteiger partial charge on any atom is 0.326 e. The van der Waals surface area contributed by atoms with E-state index in [1.54, 1.807) is 18.2 Å².